The van der Waals surface area contributed by atoms with E-state index in [1.165, 1.54) is 0 Å². The molecule has 1 heterocycles. The maximum absolute atomic E-state index is 12.6. The molecule has 0 amide bonds. The van der Waals surface area contributed by atoms with Crippen molar-refractivity contribution in [2.45, 2.75) is 13.0 Å². The van der Waals surface area contributed by atoms with E-state index in [2.05, 4.69) is 4.98 Å². The second-order valence-electron chi connectivity index (χ2n) is 2.69. The number of alkyl halides is 2. The highest BCUT2D eigenvalue weighted by Crippen LogP contribution is 2.26. The summed E-state index contributed by atoms with van der Waals surface area (Å²) in [5.74, 6) is 0. The zero-order valence-electron chi connectivity index (χ0n) is 7.58. The van der Waals surface area contributed by atoms with Crippen molar-refractivity contribution < 1.29 is 13.6 Å². The first-order chi connectivity index (χ1) is 7.15. The van der Waals surface area contributed by atoms with Gasteiger partial charge in [-0.3, -0.25) is 4.79 Å². The lowest BCUT2D eigenvalue weighted by molar-refractivity contribution is 0.112. The summed E-state index contributed by atoms with van der Waals surface area (Å²) in [6, 6.07) is 1.54. The first-order valence-corrected chi connectivity index (χ1v) is 4.01. The number of carbonyl (C=O) groups is 1. The number of aldehydes is 1. The Labute approximate surface area is 84.3 Å². The van der Waals surface area contributed by atoms with Crippen LogP contribution in [0.15, 0.2) is 6.20 Å². The van der Waals surface area contributed by atoms with Crippen molar-refractivity contribution in [2.75, 3.05) is 0 Å². The van der Waals surface area contributed by atoms with Crippen LogP contribution in [0.25, 0.3) is 0 Å². The largest absolute Gasteiger partial charge is 0.326 e. The molecule has 1 aromatic heterocycles. The average Bonchev–Trinajstić information content (AvgIpc) is 2.26. The summed E-state index contributed by atoms with van der Waals surface area (Å²) in [5.41, 5.74) is 4.29. The van der Waals surface area contributed by atoms with Crippen molar-refractivity contribution in [2.24, 2.45) is 5.73 Å². The molecular weight excluding hydrogens is 204 g/mol. The van der Waals surface area contributed by atoms with Crippen LogP contribution in [0.3, 0.4) is 0 Å². The van der Waals surface area contributed by atoms with Crippen LogP contribution in [-0.4, -0.2) is 11.3 Å². The number of hydrogen-bond acceptors (Lipinski definition) is 4. The van der Waals surface area contributed by atoms with E-state index in [0.29, 0.717) is 6.29 Å². The van der Waals surface area contributed by atoms with Gasteiger partial charge in [-0.15, -0.1) is 0 Å². The van der Waals surface area contributed by atoms with Gasteiger partial charge in [-0.05, 0) is 5.56 Å². The minimum Gasteiger partial charge on any atom is -0.326 e. The molecule has 0 bridgehead atoms. The predicted octanol–water partition coefficient (Wildman–Crippen LogP) is 1.16. The van der Waals surface area contributed by atoms with Crippen LogP contribution in [0.1, 0.15) is 33.6 Å². The van der Waals surface area contributed by atoms with Crippen LogP contribution in [-0.2, 0) is 6.54 Å². The van der Waals surface area contributed by atoms with Crippen LogP contribution in [0.2, 0.25) is 0 Å². The number of pyridine rings is 1. The highest BCUT2D eigenvalue weighted by molar-refractivity contribution is 5.77. The summed E-state index contributed by atoms with van der Waals surface area (Å²) in [7, 11) is 0. The molecule has 0 atom stereocenters. The zero-order chi connectivity index (χ0) is 11.4. The second-order valence-corrected chi connectivity index (χ2v) is 2.69. The van der Waals surface area contributed by atoms with Gasteiger partial charge in [0.15, 0.2) is 6.29 Å². The molecule has 0 saturated carbocycles. The lowest BCUT2D eigenvalue weighted by Crippen LogP contribution is -2.09. The van der Waals surface area contributed by atoms with Gasteiger partial charge < -0.3 is 5.73 Å². The first-order valence-electron chi connectivity index (χ1n) is 4.01. The van der Waals surface area contributed by atoms with Gasteiger partial charge in [0, 0.05) is 18.3 Å². The van der Waals surface area contributed by atoms with E-state index >= 15 is 0 Å². The van der Waals surface area contributed by atoms with Gasteiger partial charge in [-0.1, -0.05) is 0 Å². The molecule has 2 N–H and O–H groups in total. The maximum Gasteiger partial charge on any atom is 0.266 e. The smallest absolute Gasteiger partial charge is 0.266 e. The Morgan fingerprint density at radius 3 is 2.73 bits per heavy atom. The number of nitriles is 1. The number of halogens is 2. The number of hydrogen-bond donors (Lipinski definition) is 1. The van der Waals surface area contributed by atoms with Crippen LogP contribution in [0.4, 0.5) is 8.78 Å². The normalized spacial score (nSPS) is 10.1. The van der Waals surface area contributed by atoms with Gasteiger partial charge in [0.25, 0.3) is 6.43 Å². The summed E-state index contributed by atoms with van der Waals surface area (Å²) < 4.78 is 25.2. The minimum absolute atomic E-state index is 0.00759. The molecule has 0 aliphatic rings. The summed E-state index contributed by atoms with van der Waals surface area (Å²) in [6.07, 6.45) is -1.41. The van der Waals surface area contributed by atoms with Gasteiger partial charge >= 0.3 is 0 Å². The third-order valence-electron chi connectivity index (χ3n) is 1.92. The SMILES string of the molecule is N#Cc1ncc(C=O)c(CN)c1C(F)F. The van der Waals surface area contributed by atoms with Crippen LogP contribution in [0.5, 0.6) is 0 Å². The second kappa shape index (κ2) is 4.57. The highest BCUT2D eigenvalue weighted by Gasteiger charge is 2.21. The van der Waals surface area contributed by atoms with Crippen molar-refractivity contribution >= 4 is 6.29 Å². The fourth-order valence-corrected chi connectivity index (χ4v) is 1.23. The molecule has 0 fully saturated rings. The van der Waals surface area contributed by atoms with E-state index in [-0.39, 0.29) is 17.7 Å². The van der Waals surface area contributed by atoms with Crippen LogP contribution < -0.4 is 5.73 Å². The summed E-state index contributed by atoms with van der Waals surface area (Å²) in [6.45, 7) is -0.231. The monoisotopic (exact) mass is 211 g/mol. The number of rotatable bonds is 3. The van der Waals surface area contributed by atoms with E-state index in [1.807, 2.05) is 0 Å². The minimum atomic E-state index is -2.87. The molecule has 6 heteroatoms. The van der Waals surface area contributed by atoms with E-state index in [9.17, 15) is 13.6 Å². The molecule has 0 unspecified atom stereocenters. The number of nitrogens with zero attached hydrogens (tertiary/aromatic N) is 2. The van der Waals surface area contributed by atoms with E-state index < -0.39 is 17.7 Å². The molecule has 0 spiro atoms. The topological polar surface area (TPSA) is 79.8 Å². The number of aromatic nitrogens is 1. The lowest BCUT2D eigenvalue weighted by Gasteiger charge is -2.09. The van der Waals surface area contributed by atoms with E-state index in [1.54, 1.807) is 6.07 Å². The Morgan fingerprint density at radius 2 is 2.33 bits per heavy atom. The van der Waals surface area contributed by atoms with Crippen molar-refractivity contribution in [3.8, 4) is 6.07 Å². The standard InChI is InChI=1S/C9H7F2N3O/c10-9(11)8-6(1-12)5(4-15)3-14-7(8)2-13/h3-4,9H,1,12H2. The number of nitrogens with two attached hydrogens (primary N) is 1. The molecule has 0 saturated heterocycles. The molecule has 1 rings (SSSR count). The highest BCUT2D eigenvalue weighted by atomic mass is 19.3. The molecular formula is C9H7F2N3O. The molecule has 0 aliphatic carbocycles. The Morgan fingerprint density at radius 1 is 1.67 bits per heavy atom. The summed E-state index contributed by atoms with van der Waals surface area (Å²) >= 11 is 0. The van der Waals surface area contributed by atoms with Crippen molar-refractivity contribution in [3.63, 3.8) is 0 Å². The third-order valence-corrected chi connectivity index (χ3v) is 1.92. The fourth-order valence-electron chi connectivity index (χ4n) is 1.23. The number of carbonyl (C=O) groups excluding carboxylic acids is 1. The Hall–Kier alpha value is -1.87. The predicted molar refractivity (Wildman–Crippen MR) is 47.2 cm³/mol. The maximum atomic E-state index is 12.6. The molecule has 15 heavy (non-hydrogen) atoms. The Kier molecular flexibility index (Phi) is 3.42. The molecule has 0 radical (unpaired) electrons. The van der Waals surface area contributed by atoms with Gasteiger partial charge in [-0.2, -0.15) is 5.26 Å². The Bertz CT molecular complexity index is 426. The average molecular weight is 211 g/mol. The first kappa shape index (κ1) is 11.2. The van der Waals surface area contributed by atoms with Gasteiger partial charge in [-0.25, -0.2) is 13.8 Å². The van der Waals surface area contributed by atoms with E-state index in [0.717, 1.165) is 6.20 Å². The lowest BCUT2D eigenvalue weighted by atomic mass is 10.0. The molecule has 4 nitrogen and oxygen atoms in total. The molecule has 1 aromatic rings. The molecule has 0 aromatic carbocycles. The van der Waals surface area contributed by atoms with Gasteiger partial charge in [0.05, 0.1) is 5.56 Å². The molecule has 0 aliphatic heterocycles. The van der Waals surface area contributed by atoms with Crippen LogP contribution >= 0.6 is 0 Å². The van der Waals surface area contributed by atoms with Crippen molar-refractivity contribution in [1.29, 1.82) is 5.26 Å². The summed E-state index contributed by atoms with van der Waals surface area (Å²) in [5, 5.41) is 8.58. The Balaban J connectivity index is 3.53. The van der Waals surface area contributed by atoms with Gasteiger partial charge in [0.1, 0.15) is 11.8 Å². The molecule has 78 valence electrons. The zero-order valence-corrected chi connectivity index (χ0v) is 7.58. The van der Waals surface area contributed by atoms with Crippen molar-refractivity contribution in [1.82, 2.24) is 4.98 Å². The quantitative estimate of drug-likeness (QED) is 0.761. The van der Waals surface area contributed by atoms with E-state index in [4.69, 9.17) is 11.0 Å². The summed E-state index contributed by atoms with van der Waals surface area (Å²) in [4.78, 5) is 14.0. The van der Waals surface area contributed by atoms with Crippen LogP contribution in [0, 0.1) is 11.3 Å². The van der Waals surface area contributed by atoms with Gasteiger partial charge in [0.2, 0.25) is 0 Å². The fraction of sp³-hybridized carbons (Fsp3) is 0.222. The third kappa shape index (κ3) is 1.97. The van der Waals surface area contributed by atoms with Crippen molar-refractivity contribution in [3.05, 3.63) is 28.6 Å².